The molecule has 0 radical (unpaired) electrons. The van der Waals surface area contributed by atoms with Gasteiger partial charge in [-0.3, -0.25) is 0 Å². The summed E-state index contributed by atoms with van der Waals surface area (Å²) in [6.07, 6.45) is 0.714. The lowest BCUT2D eigenvalue weighted by atomic mass is 10.1. The summed E-state index contributed by atoms with van der Waals surface area (Å²) < 4.78 is 27.0. The van der Waals surface area contributed by atoms with E-state index in [9.17, 15) is 8.42 Å². The SMILES string of the molecule is CNC(C)c1ccc(S(=O)(=O)NCCc2cccs2)cc1. The molecule has 0 saturated heterocycles. The molecule has 2 rings (SSSR count). The first-order valence-corrected chi connectivity index (χ1v) is 9.18. The molecular formula is C15H20N2O2S2. The van der Waals surface area contributed by atoms with Crippen LogP contribution in [-0.4, -0.2) is 22.0 Å². The highest BCUT2D eigenvalue weighted by Gasteiger charge is 2.14. The summed E-state index contributed by atoms with van der Waals surface area (Å²) in [5.74, 6) is 0. The number of hydrogen-bond donors (Lipinski definition) is 2. The Morgan fingerprint density at radius 3 is 2.48 bits per heavy atom. The summed E-state index contributed by atoms with van der Waals surface area (Å²) in [6.45, 7) is 2.44. The standard InChI is InChI=1S/C15H20N2O2S2/c1-12(16-2)13-5-7-15(8-6-13)21(18,19)17-10-9-14-4-3-11-20-14/h3-8,11-12,16-17H,9-10H2,1-2H3. The topological polar surface area (TPSA) is 58.2 Å². The molecule has 0 aliphatic rings. The first kappa shape index (κ1) is 16.2. The molecule has 6 heteroatoms. The predicted octanol–water partition coefficient (Wildman–Crippen LogP) is 2.55. The van der Waals surface area contributed by atoms with Crippen molar-refractivity contribution in [3.05, 3.63) is 52.2 Å². The summed E-state index contributed by atoms with van der Waals surface area (Å²) in [6, 6.07) is 11.2. The van der Waals surface area contributed by atoms with Crippen LogP contribution < -0.4 is 10.0 Å². The maximum atomic E-state index is 12.2. The summed E-state index contributed by atoms with van der Waals surface area (Å²) in [7, 11) is -1.55. The van der Waals surface area contributed by atoms with Crippen LogP contribution >= 0.6 is 11.3 Å². The molecule has 2 N–H and O–H groups in total. The number of benzene rings is 1. The quantitative estimate of drug-likeness (QED) is 0.823. The van der Waals surface area contributed by atoms with Crippen LogP contribution in [0.15, 0.2) is 46.7 Å². The third-order valence-electron chi connectivity index (χ3n) is 3.37. The van der Waals surface area contributed by atoms with E-state index in [1.807, 2.05) is 43.6 Å². The van der Waals surface area contributed by atoms with Gasteiger partial charge in [-0.05, 0) is 49.5 Å². The Bertz CT molecular complexity index is 649. The van der Waals surface area contributed by atoms with Crippen LogP contribution in [0.1, 0.15) is 23.4 Å². The van der Waals surface area contributed by atoms with Crippen LogP contribution in [0, 0.1) is 0 Å². The van der Waals surface area contributed by atoms with Gasteiger partial charge < -0.3 is 5.32 Å². The van der Waals surface area contributed by atoms with Crippen molar-refractivity contribution in [1.82, 2.24) is 10.0 Å². The molecule has 2 aromatic rings. The number of sulfonamides is 1. The van der Waals surface area contributed by atoms with Crippen molar-refractivity contribution < 1.29 is 8.42 Å². The lowest BCUT2D eigenvalue weighted by Crippen LogP contribution is -2.25. The van der Waals surface area contributed by atoms with Gasteiger partial charge in [-0.2, -0.15) is 0 Å². The maximum Gasteiger partial charge on any atom is 0.240 e. The molecule has 0 fully saturated rings. The second kappa shape index (κ2) is 7.17. The predicted molar refractivity (Wildman–Crippen MR) is 87.1 cm³/mol. The summed E-state index contributed by atoms with van der Waals surface area (Å²) in [5, 5.41) is 5.12. The Morgan fingerprint density at radius 1 is 1.19 bits per heavy atom. The first-order chi connectivity index (χ1) is 10.0. The highest BCUT2D eigenvalue weighted by Crippen LogP contribution is 2.16. The van der Waals surface area contributed by atoms with Gasteiger partial charge in [0.05, 0.1) is 4.90 Å². The van der Waals surface area contributed by atoms with Crippen molar-refractivity contribution in [2.24, 2.45) is 0 Å². The Morgan fingerprint density at radius 2 is 1.90 bits per heavy atom. The van der Waals surface area contributed by atoms with Gasteiger partial charge in [-0.1, -0.05) is 18.2 Å². The van der Waals surface area contributed by atoms with Gasteiger partial charge in [0.15, 0.2) is 0 Å². The molecule has 114 valence electrons. The lowest BCUT2D eigenvalue weighted by molar-refractivity contribution is 0.581. The number of nitrogens with one attached hydrogen (secondary N) is 2. The first-order valence-electron chi connectivity index (χ1n) is 6.82. The molecule has 1 atom stereocenters. The van der Waals surface area contributed by atoms with E-state index < -0.39 is 10.0 Å². The lowest BCUT2D eigenvalue weighted by Gasteiger charge is -2.11. The molecule has 21 heavy (non-hydrogen) atoms. The minimum Gasteiger partial charge on any atom is -0.313 e. The van der Waals surface area contributed by atoms with E-state index in [2.05, 4.69) is 10.0 Å². The molecular weight excluding hydrogens is 304 g/mol. The number of rotatable bonds is 7. The van der Waals surface area contributed by atoms with E-state index in [1.165, 1.54) is 4.88 Å². The van der Waals surface area contributed by atoms with E-state index in [0.717, 1.165) is 5.56 Å². The maximum absolute atomic E-state index is 12.2. The smallest absolute Gasteiger partial charge is 0.240 e. The summed E-state index contributed by atoms with van der Waals surface area (Å²) in [5.41, 5.74) is 1.06. The Labute approximate surface area is 130 Å². The zero-order valence-corrected chi connectivity index (χ0v) is 13.8. The molecule has 0 aliphatic carbocycles. The Balaban J connectivity index is 1.98. The highest BCUT2D eigenvalue weighted by atomic mass is 32.2. The second-order valence-corrected chi connectivity index (χ2v) is 7.61. The van der Waals surface area contributed by atoms with Crippen molar-refractivity contribution in [3.8, 4) is 0 Å². The van der Waals surface area contributed by atoms with Crippen LogP contribution in [-0.2, 0) is 16.4 Å². The van der Waals surface area contributed by atoms with E-state index in [1.54, 1.807) is 23.5 Å². The molecule has 1 aromatic heterocycles. The van der Waals surface area contributed by atoms with Crippen molar-refractivity contribution in [3.63, 3.8) is 0 Å². The third-order valence-corrected chi connectivity index (χ3v) is 5.78. The summed E-state index contributed by atoms with van der Waals surface area (Å²) in [4.78, 5) is 1.48. The molecule has 4 nitrogen and oxygen atoms in total. The van der Waals surface area contributed by atoms with E-state index in [-0.39, 0.29) is 6.04 Å². The zero-order valence-electron chi connectivity index (χ0n) is 12.2. The van der Waals surface area contributed by atoms with Gasteiger partial charge in [-0.15, -0.1) is 11.3 Å². The van der Waals surface area contributed by atoms with Crippen LogP contribution in [0.25, 0.3) is 0 Å². The van der Waals surface area contributed by atoms with E-state index >= 15 is 0 Å². The molecule has 0 amide bonds. The molecule has 1 unspecified atom stereocenters. The van der Waals surface area contributed by atoms with E-state index in [4.69, 9.17) is 0 Å². The highest BCUT2D eigenvalue weighted by molar-refractivity contribution is 7.89. The van der Waals surface area contributed by atoms with Crippen LogP contribution in [0.4, 0.5) is 0 Å². The van der Waals surface area contributed by atoms with Crippen LogP contribution in [0.3, 0.4) is 0 Å². The molecule has 0 aliphatic heterocycles. The molecule has 1 aromatic carbocycles. The van der Waals surface area contributed by atoms with Crippen molar-refractivity contribution >= 4 is 21.4 Å². The molecule has 0 saturated carbocycles. The minimum absolute atomic E-state index is 0.202. The number of hydrogen-bond acceptors (Lipinski definition) is 4. The largest absolute Gasteiger partial charge is 0.313 e. The van der Waals surface area contributed by atoms with Crippen molar-refractivity contribution in [2.45, 2.75) is 24.3 Å². The van der Waals surface area contributed by atoms with Gasteiger partial charge >= 0.3 is 0 Å². The fraction of sp³-hybridized carbons (Fsp3) is 0.333. The van der Waals surface area contributed by atoms with Crippen LogP contribution in [0.2, 0.25) is 0 Å². The van der Waals surface area contributed by atoms with E-state index in [0.29, 0.717) is 17.9 Å². The molecule has 0 spiro atoms. The van der Waals surface area contributed by atoms with Crippen LogP contribution in [0.5, 0.6) is 0 Å². The van der Waals surface area contributed by atoms with Gasteiger partial charge in [-0.25, -0.2) is 13.1 Å². The minimum atomic E-state index is -3.43. The fourth-order valence-corrected chi connectivity index (χ4v) is 3.69. The van der Waals surface area contributed by atoms with Gasteiger partial charge in [0.25, 0.3) is 0 Å². The average molecular weight is 324 g/mol. The molecule has 0 bridgehead atoms. The Hall–Kier alpha value is -1.21. The van der Waals surface area contributed by atoms with Gasteiger partial charge in [0, 0.05) is 17.5 Å². The normalized spacial score (nSPS) is 13.2. The molecule has 1 heterocycles. The van der Waals surface area contributed by atoms with Gasteiger partial charge in [0.2, 0.25) is 10.0 Å². The average Bonchev–Trinajstić information content (AvgIpc) is 2.99. The third kappa shape index (κ3) is 4.38. The monoisotopic (exact) mass is 324 g/mol. The zero-order chi connectivity index (χ0) is 15.3. The Kier molecular flexibility index (Phi) is 5.52. The number of thiophene rings is 1. The van der Waals surface area contributed by atoms with Crippen molar-refractivity contribution in [1.29, 1.82) is 0 Å². The van der Waals surface area contributed by atoms with Gasteiger partial charge in [0.1, 0.15) is 0 Å². The second-order valence-electron chi connectivity index (χ2n) is 4.81. The fourth-order valence-electron chi connectivity index (χ4n) is 1.95. The summed E-state index contributed by atoms with van der Waals surface area (Å²) >= 11 is 1.64. The van der Waals surface area contributed by atoms with Crippen molar-refractivity contribution in [2.75, 3.05) is 13.6 Å².